The van der Waals surface area contributed by atoms with E-state index >= 15 is 0 Å². The Labute approximate surface area is 168 Å². The molecule has 0 saturated heterocycles. The fourth-order valence-electron chi connectivity index (χ4n) is 3.01. The summed E-state index contributed by atoms with van der Waals surface area (Å²) in [6, 6.07) is 11.2. The molecule has 0 radical (unpaired) electrons. The number of hydrogen-bond acceptors (Lipinski definition) is 3. The number of halogens is 1. The minimum atomic E-state index is 0. The topological polar surface area (TPSA) is 39.7 Å². The predicted octanol–water partition coefficient (Wildman–Crippen LogP) is 3.19. The third kappa shape index (κ3) is 7.61. The van der Waals surface area contributed by atoms with E-state index in [-0.39, 0.29) is 24.0 Å². The number of aliphatic imine (C=N–C) groups is 1. The van der Waals surface area contributed by atoms with Crippen molar-refractivity contribution in [3.8, 4) is 0 Å². The van der Waals surface area contributed by atoms with Crippen LogP contribution in [0, 0.1) is 0 Å². The molecular weight excluding hydrogens is 431 g/mol. The van der Waals surface area contributed by atoms with Crippen LogP contribution in [0.1, 0.15) is 24.8 Å². The lowest BCUT2D eigenvalue weighted by atomic mass is 10.2. The largest absolute Gasteiger partial charge is 0.355 e. The highest BCUT2D eigenvalue weighted by Gasteiger charge is 2.24. The Kier molecular flexibility index (Phi) is 10.8. The normalized spacial score (nSPS) is 20.8. The molecule has 2 unspecified atom stereocenters. The lowest BCUT2D eigenvalue weighted by molar-refractivity contribution is 0.331. The molecule has 1 aliphatic carbocycles. The molecule has 1 fully saturated rings. The second-order valence-corrected chi connectivity index (χ2v) is 7.37. The molecule has 0 bridgehead atoms. The molecule has 1 saturated carbocycles. The number of thioether (sulfide) groups is 1. The molecule has 1 aromatic carbocycles. The Morgan fingerprint density at radius 1 is 1.29 bits per heavy atom. The van der Waals surface area contributed by atoms with Crippen molar-refractivity contribution in [2.45, 2.75) is 37.1 Å². The summed E-state index contributed by atoms with van der Waals surface area (Å²) in [7, 11) is 4.01. The molecule has 136 valence electrons. The molecule has 0 amide bonds. The number of benzene rings is 1. The zero-order chi connectivity index (χ0) is 16.5. The van der Waals surface area contributed by atoms with Crippen molar-refractivity contribution in [2.75, 3.05) is 33.4 Å². The average molecular weight is 462 g/mol. The van der Waals surface area contributed by atoms with Gasteiger partial charge in [-0.15, -0.1) is 24.0 Å². The molecule has 1 aromatic rings. The van der Waals surface area contributed by atoms with Gasteiger partial charge in [-0.2, -0.15) is 11.8 Å². The van der Waals surface area contributed by atoms with Crippen LogP contribution in [0.25, 0.3) is 0 Å². The van der Waals surface area contributed by atoms with E-state index in [2.05, 4.69) is 64.2 Å². The van der Waals surface area contributed by atoms with E-state index in [1.54, 1.807) is 0 Å². The van der Waals surface area contributed by atoms with Gasteiger partial charge in [0.15, 0.2) is 5.96 Å². The van der Waals surface area contributed by atoms with Crippen LogP contribution in [-0.2, 0) is 6.54 Å². The van der Waals surface area contributed by atoms with Crippen molar-refractivity contribution in [3.63, 3.8) is 0 Å². The van der Waals surface area contributed by atoms with Gasteiger partial charge in [0.25, 0.3) is 0 Å². The summed E-state index contributed by atoms with van der Waals surface area (Å²) < 4.78 is 0. The summed E-state index contributed by atoms with van der Waals surface area (Å²) in [6.45, 7) is 2.88. The Morgan fingerprint density at radius 2 is 2.04 bits per heavy atom. The first kappa shape index (κ1) is 21.6. The van der Waals surface area contributed by atoms with Crippen LogP contribution < -0.4 is 10.6 Å². The lowest BCUT2D eigenvalue weighted by Gasteiger charge is -2.20. The molecule has 2 N–H and O–H groups in total. The molecule has 0 aliphatic heterocycles. The highest BCUT2D eigenvalue weighted by atomic mass is 127. The first-order chi connectivity index (χ1) is 11.2. The predicted molar refractivity (Wildman–Crippen MR) is 118 cm³/mol. The monoisotopic (exact) mass is 462 g/mol. The van der Waals surface area contributed by atoms with Gasteiger partial charge in [0.2, 0.25) is 0 Å². The summed E-state index contributed by atoms with van der Waals surface area (Å²) in [4.78, 5) is 6.68. The molecule has 4 nitrogen and oxygen atoms in total. The molecule has 6 heteroatoms. The maximum Gasteiger partial charge on any atom is 0.191 e. The van der Waals surface area contributed by atoms with Crippen molar-refractivity contribution in [1.82, 2.24) is 15.5 Å². The number of rotatable bonds is 7. The molecule has 2 rings (SSSR count). The minimum absolute atomic E-state index is 0. The van der Waals surface area contributed by atoms with Gasteiger partial charge in [0.05, 0.1) is 0 Å². The van der Waals surface area contributed by atoms with Gasteiger partial charge >= 0.3 is 0 Å². The Bertz CT molecular complexity index is 483. The third-order valence-electron chi connectivity index (χ3n) is 4.36. The standard InChI is InChI=1S/C18H30N4S.HI/c1-19-18(21-16-9-10-17(13-16)23-3)20-11-12-22(2)14-15-7-5-4-6-8-15;/h4-8,16-17H,9-14H2,1-3H3,(H2,19,20,21);1H. The summed E-state index contributed by atoms with van der Waals surface area (Å²) in [5.74, 6) is 0.935. The quantitative estimate of drug-likeness (QED) is 0.371. The van der Waals surface area contributed by atoms with Crippen LogP contribution in [0.2, 0.25) is 0 Å². The van der Waals surface area contributed by atoms with Crippen molar-refractivity contribution < 1.29 is 0 Å². The van der Waals surface area contributed by atoms with Crippen molar-refractivity contribution >= 4 is 41.7 Å². The molecule has 0 heterocycles. The summed E-state index contributed by atoms with van der Waals surface area (Å²) in [5, 5.41) is 7.80. The molecule has 1 aliphatic rings. The van der Waals surface area contributed by atoms with Crippen LogP contribution in [0.15, 0.2) is 35.3 Å². The number of nitrogens with zero attached hydrogens (tertiary/aromatic N) is 2. The Morgan fingerprint density at radius 3 is 2.67 bits per heavy atom. The molecule has 0 spiro atoms. The maximum absolute atomic E-state index is 4.35. The van der Waals surface area contributed by atoms with Gasteiger partial charge in [0, 0.05) is 38.0 Å². The second kappa shape index (κ2) is 12.0. The third-order valence-corrected chi connectivity index (χ3v) is 5.46. The fourth-order valence-corrected chi connectivity index (χ4v) is 3.81. The Hall–Kier alpha value is -0.470. The van der Waals surface area contributed by atoms with Gasteiger partial charge < -0.3 is 15.5 Å². The SMILES string of the molecule is CN=C(NCCN(C)Cc1ccccc1)NC1CCC(SC)C1.I. The van der Waals surface area contributed by atoms with Gasteiger partial charge in [0.1, 0.15) is 0 Å². The highest BCUT2D eigenvalue weighted by Crippen LogP contribution is 2.27. The second-order valence-electron chi connectivity index (χ2n) is 6.23. The maximum atomic E-state index is 4.35. The van der Waals surface area contributed by atoms with Crippen LogP contribution >= 0.6 is 35.7 Å². The molecule has 2 atom stereocenters. The van der Waals surface area contributed by atoms with Crippen molar-refractivity contribution in [1.29, 1.82) is 0 Å². The molecular formula is C18H31IN4S. The van der Waals surface area contributed by atoms with Crippen LogP contribution in [0.5, 0.6) is 0 Å². The van der Waals surface area contributed by atoms with Crippen LogP contribution in [0.4, 0.5) is 0 Å². The zero-order valence-electron chi connectivity index (χ0n) is 15.0. The number of nitrogens with one attached hydrogen (secondary N) is 2. The van der Waals surface area contributed by atoms with Crippen molar-refractivity contribution in [3.05, 3.63) is 35.9 Å². The van der Waals surface area contributed by atoms with E-state index in [0.29, 0.717) is 6.04 Å². The van der Waals surface area contributed by atoms with E-state index < -0.39 is 0 Å². The van der Waals surface area contributed by atoms with Gasteiger partial charge in [-0.1, -0.05) is 30.3 Å². The first-order valence-electron chi connectivity index (χ1n) is 8.43. The minimum Gasteiger partial charge on any atom is -0.355 e. The summed E-state index contributed by atoms with van der Waals surface area (Å²) in [6.07, 6.45) is 6.02. The van der Waals surface area contributed by atoms with Gasteiger partial charge in [-0.05, 0) is 38.1 Å². The van der Waals surface area contributed by atoms with Crippen LogP contribution in [-0.4, -0.2) is 55.6 Å². The number of guanidine groups is 1. The highest BCUT2D eigenvalue weighted by molar-refractivity contribution is 14.0. The fraction of sp³-hybridized carbons (Fsp3) is 0.611. The van der Waals surface area contributed by atoms with E-state index in [0.717, 1.165) is 30.8 Å². The number of hydrogen-bond donors (Lipinski definition) is 2. The van der Waals surface area contributed by atoms with Crippen LogP contribution in [0.3, 0.4) is 0 Å². The zero-order valence-corrected chi connectivity index (χ0v) is 18.1. The summed E-state index contributed by atoms with van der Waals surface area (Å²) >= 11 is 1.99. The van der Waals surface area contributed by atoms with Gasteiger partial charge in [-0.3, -0.25) is 4.99 Å². The van der Waals surface area contributed by atoms with E-state index in [9.17, 15) is 0 Å². The van der Waals surface area contributed by atoms with E-state index in [4.69, 9.17) is 0 Å². The average Bonchev–Trinajstić information content (AvgIpc) is 3.02. The lowest BCUT2D eigenvalue weighted by Crippen LogP contribution is -2.44. The smallest absolute Gasteiger partial charge is 0.191 e. The van der Waals surface area contributed by atoms with Crippen molar-refractivity contribution in [2.24, 2.45) is 4.99 Å². The Balaban J connectivity index is 0.00000288. The summed E-state index contributed by atoms with van der Waals surface area (Å²) in [5.41, 5.74) is 1.35. The molecule has 0 aromatic heterocycles. The first-order valence-corrected chi connectivity index (χ1v) is 9.72. The number of likely N-dealkylation sites (N-methyl/N-ethyl adjacent to an activating group) is 1. The van der Waals surface area contributed by atoms with E-state index in [1.807, 2.05) is 18.8 Å². The molecule has 24 heavy (non-hydrogen) atoms. The van der Waals surface area contributed by atoms with E-state index in [1.165, 1.54) is 24.8 Å². The van der Waals surface area contributed by atoms with Gasteiger partial charge in [-0.25, -0.2) is 0 Å².